The van der Waals surface area contributed by atoms with Crippen LogP contribution in [-0.4, -0.2) is 35.0 Å². The van der Waals surface area contributed by atoms with Crippen molar-refractivity contribution in [2.24, 2.45) is 5.92 Å². The predicted octanol–water partition coefficient (Wildman–Crippen LogP) is 3.54. The van der Waals surface area contributed by atoms with Crippen LogP contribution in [0.15, 0.2) is 28.6 Å². The van der Waals surface area contributed by atoms with E-state index >= 15 is 0 Å². The number of anilines is 2. The van der Waals surface area contributed by atoms with Crippen LogP contribution in [-0.2, 0) is 4.79 Å². The summed E-state index contributed by atoms with van der Waals surface area (Å²) in [6, 6.07) is 7.57. The lowest BCUT2D eigenvalue weighted by atomic mass is 10.2. The maximum absolute atomic E-state index is 12.0. The van der Waals surface area contributed by atoms with Crippen molar-refractivity contribution < 1.29 is 9.53 Å². The molecule has 0 aliphatic heterocycles. The number of rotatable bonds is 8. The van der Waals surface area contributed by atoms with E-state index in [0.29, 0.717) is 17.6 Å². The Morgan fingerprint density at radius 2 is 1.96 bits per heavy atom. The third-order valence-electron chi connectivity index (χ3n) is 3.08. The van der Waals surface area contributed by atoms with E-state index in [4.69, 9.17) is 4.74 Å². The monoisotopic (exact) mass is 366 g/mol. The van der Waals surface area contributed by atoms with E-state index in [2.05, 4.69) is 34.7 Å². The minimum Gasteiger partial charge on any atom is -0.497 e. The quantitative estimate of drug-likeness (QED) is 0.696. The molecule has 0 fully saturated rings. The molecule has 0 saturated carbocycles. The van der Waals surface area contributed by atoms with E-state index in [1.807, 2.05) is 31.2 Å². The maximum Gasteiger partial charge on any atom is 0.233 e. The van der Waals surface area contributed by atoms with Crippen molar-refractivity contribution in [3.05, 3.63) is 24.3 Å². The molecule has 2 aromatic rings. The first kappa shape index (κ1) is 18.5. The van der Waals surface area contributed by atoms with Crippen molar-refractivity contribution in [3.63, 3.8) is 0 Å². The van der Waals surface area contributed by atoms with Crippen LogP contribution < -0.4 is 15.4 Å². The van der Waals surface area contributed by atoms with Crippen molar-refractivity contribution in [1.29, 1.82) is 0 Å². The molecule has 0 saturated heterocycles. The number of nitrogens with zero attached hydrogens (tertiary/aromatic N) is 2. The van der Waals surface area contributed by atoms with Gasteiger partial charge in [0.05, 0.1) is 12.4 Å². The molecular formula is C16H22N4O2S2. The van der Waals surface area contributed by atoms with Gasteiger partial charge in [-0.05, 0) is 37.1 Å². The Labute approximate surface area is 150 Å². The van der Waals surface area contributed by atoms with Crippen molar-refractivity contribution >= 4 is 39.8 Å². The zero-order valence-corrected chi connectivity index (χ0v) is 15.8. The smallest absolute Gasteiger partial charge is 0.233 e. The summed E-state index contributed by atoms with van der Waals surface area (Å²) in [5.41, 5.74) is 0.909. The summed E-state index contributed by atoms with van der Waals surface area (Å²) < 4.78 is 5.89. The Kier molecular flexibility index (Phi) is 6.86. The zero-order valence-electron chi connectivity index (χ0n) is 14.2. The fourth-order valence-corrected chi connectivity index (χ4v) is 3.70. The molecule has 0 bridgehead atoms. The molecule has 1 amide bonds. The number of ether oxygens (including phenoxy) is 1. The van der Waals surface area contributed by atoms with Gasteiger partial charge in [0.2, 0.25) is 11.0 Å². The highest BCUT2D eigenvalue weighted by Crippen LogP contribution is 2.30. The molecule has 0 aliphatic rings. The van der Waals surface area contributed by atoms with Gasteiger partial charge in [0.1, 0.15) is 5.75 Å². The van der Waals surface area contributed by atoms with Crippen LogP contribution in [0.25, 0.3) is 0 Å². The Morgan fingerprint density at radius 3 is 2.58 bits per heavy atom. The number of thioether (sulfide) groups is 1. The molecular weight excluding hydrogens is 344 g/mol. The first-order valence-corrected chi connectivity index (χ1v) is 9.36. The minimum atomic E-state index is -0.203. The van der Waals surface area contributed by atoms with Crippen LogP contribution in [0.1, 0.15) is 20.8 Å². The third kappa shape index (κ3) is 5.68. The highest BCUT2D eigenvalue weighted by Gasteiger charge is 2.17. The minimum absolute atomic E-state index is 0.0218. The maximum atomic E-state index is 12.0. The van der Waals surface area contributed by atoms with Crippen molar-refractivity contribution in [2.75, 3.05) is 19.0 Å². The van der Waals surface area contributed by atoms with E-state index in [9.17, 15) is 4.79 Å². The number of benzene rings is 1. The second kappa shape index (κ2) is 8.89. The van der Waals surface area contributed by atoms with Gasteiger partial charge in [0.25, 0.3) is 0 Å². The van der Waals surface area contributed by atoms with Crippen LogP contribution in [0.2, 0.25) is 0 Å². The Morgan fingerprint density at radius 1 is 1.25 bits per heavy atom. The van der Waals surface area contributed by atoms with E-state index in [0.717, 1.165) is 15.8 Å². The number of hydrogen-bond donors (Lipinski definition) is 2. The zero-order chi connectivity index (χ0) is 17.5. The molecule has 1 aromatic carbocycles. The van der Waals surface area contributed by atoms with Crippen molar-refractivity contribution in [3.8, 4) is 5.75 Å². The number of aromatic nitrogens is 2. The number of carbonyl (C=O) groups is 1. The van der Waals surface area contributed by atoms with Crippen molar-refractivity contribution in [2.45, 2.75) is 30.4 Å². The molecule has 6 nitrogen and oxygen atoms in total. The first-order chi connectivity index (χ1) is 11.5. The summed E-state index contributed by atoms with van der Waals surface area (Å²) in [6.45, 7) is 6.70. The Balaban J connectivity index is 1.88. The van der Waals surface area contributed by atoms with Crippen LogP contribution in [0, 0.1) is 5.92 Å². The number of hydrogen-bond acceptors (Lipinski definition) is 7. The molecule has 24 heavy (non-hydrogen) atoms. The molecule has 0 radical (unpaired) electrons. The number of carbonyl (C=O) groups excluding carboxylic acids is 1. The van der Waals surface area contributed by atoms with Gasteiger partial charge >= 0.3 is 0 Å². The fourth-order valence-electron chi connectivity index (χ4n) is 1.76. The average Bonchev–Trinajstić information content (AvgIpc) is 3.00. The molecule has 1 heterocycles. The summed E-state index contributed by atoms with van der Waals surface area (Å²) in [5, 5.41) is 14.9. The predicted molar refractivity (Wildman–Crippen MR) is 99.4 cm³/mol. The summed E-state index contributed by atoms with van der Waals surface area (Å²) in [4.78, 5) is 12.0. The van der Waals surface area contributed by atoms with Gasteiger partial charge in [-0.15, -0.1) is 10.2 Å². The number of amides is 1. The highest BCUT2D eigenvalue weighted by atomic mass is 32.2. The van der Waals surface area contributed by atoms with Crippen LogP contribution in [0.4, 0.5) is 10.8 Å². The normalized spacial score (nSPS) is 12.0. The Hall–Kier alpha value is -1.80. The highest BCUT2D eigenvalue weighted by molar-refractivity contribution is 8.02. The van der Waals surface area contributed by atoms with E-state index < -0.39 is 0 Å². The molecule has 130 valence electrons. The molecule has 2 rings (SSSR count). The van der Waals surface area contributed by atoms with Gasteiger partial charge in [0.15, 0.2) is 4.34 Å². The molecule has 0 aliphatic carbocycles. The second-order valence-electron chi connectivity index (χ2n) is 5.63. The number of nitrogens with one attached hydrogen (secondary N) is 2. The SMILES string of the molecule is COc1ccc(Nc2nnc(S[C@@H](C)C(=O)NCC(C)C)s2)cc1. The van der Waals surface area contributed by atoms with E-state index in [1.54, 1.807) is 7.11 Å². The number of methoxy groups -OCH3 is 1. The summed E-state index contributed by atoms with van der Waals surface area (Å²) in [7, 11) is 1.63. The van der Waals surface area contributed by atoms with E-state index in [1.165, 1.54) is 23.1 Å². The van der Waals surface area contributed by atoms with Crippen LogP contribution in [0.5, 0.6) is 5.75 Å². The molecule has 0 spiro atoms. The van der Waals surface area contributed by atoms with E-state index in [-0.39, 0.29) is 11.2 Å². The van der Waals surface area contributed by atoms with Gasteiger partial charge in [-0.1, -0.05) is 36.9 Å². The average molecular weight is 367 g/mol. The largest absolute Gasteiger partial charge is 0.497 e. The first-order valence-electron chi connectivity index (χ1n) is 7.67. The second-order valence-corrected chi connectivity index (χ2v) is 8.19. The fraction of sp³-hybridized carbons (Fsp3) is 0.438. The van der Waals surface area contributed by atoms with Crippen LogP contribution >= 0.6 is 23.1 Å². The van der Waals surface area contributed by atoms with Gasteiger partial charge < -0.3 is 15.4 Å². The Bertz CT molecular complexity index is 658. The lowest BCUT2D eigenvalue weighted by molar-refractivity contribution is -0.120. The molecule has 2 N–H and O–H groups in total. The lowest BCUT2D eigenvalue weighted by Crippen LogP contribution is -2.33. The molecule has 8 heteroatoms. The lowest BCUT2D eigenvalue weighted by Gasteiger charge is -2.11. The topological polar surface area (TPSA) is 76.1 Å². The summed E-state index contributed by atoms with van der Waals surface area (Å²) in [5.74, 6) is 1.26. The molecule has 0 unspecified atom stereocenters. The molecule has 1 atom stereocenters. The van der Waals surface area contributed by atoms with Crippen molar-refractivity contribution in [1.82, 2.24) is 15.5 Å². The van der Waals surface area contributed by atoms with Gasteiger partial charge in [-0.3, -0.25) is 4.79 Å². The summed E-state index contributed by atoms with van der Waals surface area (Å²) >= 11 is 2.84. The third-order valence-corrected chi connectivity index (χ3v) is 5.10. The van der Waals surface area contributed by atoms with Gasteiger partial charge in [0, 0.05) is 12.2 Å². The van der Waals surface area contributed by atoms with Gasteiger partial charge in [-0.2, -0.15) is 0 Å². The molecule has 1 aromatic heterocycles. The standard InChI is InChI=1S/C16H22N4O2S2/c1-10(2)9-17-14(21)11(3)23-16-20-19-15(24-16)18-12-5-7-13(22-4)8-6-12/h5-8,10-11H,9H2,1-4H3,(H,17,21)(H,18,19)/t11-/m0/s1. The van der Waals surface area contributed by atoms with Gasteiger partial charge in [-0.25, -0.2) is 0 Å². The van der Waals surface area contributed by atoms with Crippen LogP contribution in [0.3, 0.4) is 0 Å². The summed E-state index contributed by atoms with van der Waals surface area (Å²) in [6.07, 6.45) is 0.